The van der Waals surface area contributed by atoms with Gasteiger partial charge in [0.1, 0.15) is 12.4 Å². The molecule has 1 aliphatic heterocycles. The van der Waals surface area contributed by atoms with Gasteiger partial charge in [-0.1, -0.05) is 37.3 Å². The Morgan fingerprint density at radius 3 is 2.77 bits per heavy atom. The maximum Gasteiger partial charge on any atom is 0.414 e. The van der Waals surface area contributed by atoms with E-state index in [1.54, 1.807) is 4.90 Å². The number of nitrogens with zero attached hydrogens (tertiary/aromatic N) is 1. The molecule has 0 saturated carbocycles. The standard InChI is InChI=1S/C18H19NO3/c1-2-14-7-6-10-16(11-14)21-13-17-12-19(18(20)22-17)15-8-4-3-5-9-15/h3-11,17H,2,12-13H2,1H3. The topological polar surface area (TPSA) is 38.8 Å². The van der Waals surface area contributed by atoms with Gasteiger partial charge in [-0.2, -0.15) is 0 Å². The first-order valence-corrected chi connectivity index (χ1v) is 7.51. The van der Waals surface area contributed by atoms with E-state index in [1.807, 2.05) is 48.5 Å². The molecule has 1 fully saturated rings. The van der Waals surface area contributed by atoms with Crippen LogP contribution < -0.4 is 9.64 Å². The molecule has 2 aromatic rings. The highest BCUT2D eigenvalue weighted by Crippen LogP contribution is 2.22. The monoisotopic (exact) mass is 297 g/mol. The molecule has 0 N–H and O–H groups in total. The van der Waals surface area contributed by atoms with Crippen LogP contribution in [0.3, 0.4) is 0 Å². The average molecular weight is 297 g/mol. The van der Waals surface area contributed by atoms with Crippen LogP contribution in [-0.4, -0.2) is 25.3 Å². The van der Waals surface area contributed by atoms with Gasteiger partial charge in [-0.3, -0.25) is 4.90 Å². The van der Waals surface area contributed by atoms with Crippen molar-refractivity contribution in [1.82, 2.24) is 0 Å². The number of ether oxygens (including phenoxy) is 2. The Hall–Kier alpha value is -2.49. The lowest BCUT2D eigenvalue weighted by Crippen LogP contribution is -2.26. The third-order valence-electron chi connectivity index (χ3n) is 3.68. The lowest BCUT2D eigenvalue weighted by molar-refractivity contribution is 0.105. The van der Waals surface area contributed by atoms with Gasteiger partial charge in [0.2, 0.25) is 0 Å². The Morgan fingerprint density at radius 1 is 1.18 bits per heavy atom. The molecule has 0 radical (unpaired) electrons. The zero-order valence-electron chi connectivity index (χ0n) is 12.6. The number of para-hydroxylation sites is 1. The Labute approximate surface area is 130 Å². The van der Waals surface area contributed by atoms with Gasteiger partial charge in [-0.25, -0.2) is 4.79 Å². The molecule has 1 saturated heterocycles. The molecule has 22 heavy (non-hydrogen) atoms. The molecule has 1 amide bonds. The summed E-state index contributed by atoms with van der Waals surface area (Å²) in [6, 6.07) is 17.5. The number of amides is 1. The van der Waals surface area contributed by atoms with Crippen molar-refractivity contribution >= 4 is 11.8 Å². The first-order valence-electron chi connectivity index (χ1n) is 7.51. The minimum Gasteiger partial charge on any atom is -0.490 e. The summed E-state index contributed by atoms with van der Waals surface area (Å²) >= 11 is 0. The number of aryl methyl sites for hydroxylation is 1. The lowest BCUT2D eigenvalue weighted by atomic mass is 10.2. The van der Waals surface area contributed by atoms with Gasteiger partial charge in [0.05, 0.1) is 6.54 Å². The van der Waals surface area contributed by atoms with Crippen LogP contribution in [0.5, 0.6) is 5.75 Å². The fourth-order valence-electron chi connectivity index (χ4n) is 2.47. The normalized spacial score (nSPS) is 17.4. The minimum absolute atomic E-state index is 0.252. The predicted molar refractivity (Wildman–Crippen MR) is 85.4 cm³/mol. The number of carbonyl (C=O) groups excluding carboxylic acids is 1. The van der Waals surface area contributed by atoms with Crippen molar-refractivity contribution < 1.29 is 14.3 Å². The van der Waals surface area contributed by atoms with E-state index in [0.29, 0.717) is 13.2 Å². The third-order valence-corrected chi connectivity index (χ3v) is 3.68. The van der Waals surface area contributed by atoms with E-state index < -0.39 is 0 Å². The number of hydrogen-bond acceptors (Lipinski definition) is 3. The highest BCUT2D eigenvalue weighted by molar-refractivity contribution is 5.89. The molecule has 1 heterocycles. The second-order valence-electron chi connectivity index (χ2n) is 5.26. The van der Waals surface area contributed by atoms with E-state index in [1.165, 1.54) is 5.56 Å². The van der Waals surface area contributed by atoms with E-state index >= 15 is 0 Å². The average Bonchev–Trinajstić information content (AvgIpc) is 2.95. The molecule has 1 unspecified atom stereocenters. The minimum atomic E-state index is -0.317. The van der Waals surface area contributed by atoms with Crippen molar-refractivity contribution in [2.75, 3.05) is 18.1 Å². The second-order valence-corrected chi connectivity index (χ2v) is 5.26. The molecule has 2 aromatic carbocycles. The van der Waals surface area contributed by atoms with E-state index in [2.05, 4.69) is 13.0 Å². The van der Waals surface area contributed by atoms with Crippen molar-refractivity contribution in [2.45, 2.75) is 19.4 Å². The second kappa shape index (κ2) is 6.52. The van der Waals surface area contributed by atoms with Gasteiger partial charge in [0.25, 0.3) is 0 Å². The molecule has 0 bridgehead atoms. The van der Waals surface area contributed by atoms with Crippen LogP contribution in [0.4, 0.5) is 10.5 Å². The molecular formula is C18H19NO3. The van der Waals surface area contributed by atoms with Gasteiger partial charge in [-0.05, 0) is 36.2 Å². The summed E-state index contributed by atoms with van der Waals surface area (Å²) in [5.74, 6) is 0.813. The van der Waals surface area contributed by atoms with E-state index in [4.69, 9.17) is 9.47 Å². The molecule has 1 atom stereocenters. The summed E-state index contributed by atoms with van der Waals surface area (Å²) in [6.07, 6.45) is 0.400. The maximum atomic E-state index is 11.9. The molecule has 3 rings (SSSR count). The molecule has 4 nitrogen and oxygen atoms in total. The van der Waals surface area contributed by atoms with Crippen LogP contribution in [0, 0.1) is 0 Å². The van der Waals surface area contributed by atoms with E-state index in [-0.39, 0.29) is 12.2 Å². The number of carbonyl (C=O) groups is 1. The maximum absolute atomic E-state index is 11.9. The number of rotatable bonds is 5. The SMILES string of the molecule is CCc1cccc(OCC2CN(c3ccccc3)C(=O)O2)c1. The fourth-order valence-corrected chi connectivity index (χ4v) is 2.47. The number of benzene rings is 2. The molecule has 1 aliphatic rings. The van der Waals surface area contributed by atoms with Crippen LogP contribution in [0.1, 0.15) is 12.5 Å². The predicted octanol–water partition coefficient (Wildman–Crippen LogP) is 3.65. The summed E-state index contributed by atoms with van der Waals surface area (Å²) in [6.45, 7) is 2.98. The van der Waals surface area contributed by atoms with Crippen LogP contribution in [-0.2, 0) is 11.2 Å². The van der Waals surface area contributed by atoms with Crippen molar-refractivity contribution in [1.29, 1.82) is 0 Å². The summed E-state index contributed by atoms with van der Waals surface area (Å²) in [4.78, 5) is 13.6. The molecular weight excluding hydrogens is 278 g/mol. The molecule has 0 aliphatic carbocycles. The first-order chi connectivity index (χ1) is 10.8. The summed E-state index contributed by atoms with van der Waals surface area (Å²) < 4.78 is 11.1. The van der Waals surface area contributed by atoms with E-state index in [0.717, 1.165) is 17.9 Å². The smallest absolute Gasteiger partial charge is 0.414 e. The zero-order chi connectivity index (χ0) is 15.4. The Kier molecular flexibility index (Phi) is 4.28. The number of hydrogen-bond donors (Lipinski definition) is 0. The quantitative estimate of drug-likeness (QED) is 0.845. The Bertz CT molecular complexity index is 642. The molecule has 114 valence electrons. The van der Waals surface area contributed by atoms with Gasteiger partial charge in [0, 0.05) is 5.69 Å². The van der Waals surface area contributed by atoms with Crippen LogP contribution in [0.2, 0.25) is 0 Å². The lowest BCUT2D eigenvalue weighted by Gasteiger charge is -2.13. The Morgan fingerprint density at radius 2 is 2.00 bits per heavy atom. The van der Waals surface area contributed by atoms with Crippen molar-refractivity contribution in [3.63, 3.8) is 0 Å². The van der Waals surface area contributed by atoms with Crippen LogP contribution >= 0.6 is 0 Å². The van der Waals surface area contributed by atoms with Gasteiger partial charge in [-0.15, -0.1) is 0 Å². The van der Waals surface area contributed by atoms with Crippen LogP contribution in [0.15, 0.2) is 54.6 Å². The van der Waals surface area contributed by atoms with Gasteiger partial charge >= 0.3 is 6.09 Å². The van der Waals surface area contributed by atoms with Gasteiger partial charge in [0.15, 0.2) is 6.10 Å². The molecule has 0 spiro atoms. The first kappa shape index (κ1) is 14.4. The Balaban J connectivity index is 1.59. The molecule has 4 heteroatoms. The summed E-state index contributed by atoms with van der Waals surface area (Å²) in [5, 5.41) is 0. The largest absolute Gasteiger partial charge is 0.490 e. The van der Waals surface area contributed by atoms with E-state index in [9.17, 15) is 4.79 Å². The summed E-state index contributed by atoms with van der Waals surface area (Å²) in [7, 11) is 0. The molecule has 0 aromatic heterocycles. The fraction of sp³-hybridized carbons (Fsp3) is 0.278. The van der Waals surface area contributed by atoms with Crippen molar-refractivity contribution in [3.05, 3.63) is 60.2 Å². The van der Waals surface area contributed by atoms with Crippen molar-refractivity contribution in [3.8, 4) is 5.75 Å². The van der Waals surface area contributed by atoms with Crippen LogP contribution in [0.25, 0.3) is 0 Å². The highest BCUT2D eigenvalue weighted by Gasteiger charge is 2.32. The summed E-state index contributed by atoms with van der Waals surface area (Å²) in [5.41, 5.74) is 2.08. The third kappa shape index (κ3) is 3.22. The van der Waals surface area contributed by atoms with Crippen molar-refractivity contribution in [2.24, 2.45) is 0 Å². The number of anilines is 1. The number of cyclic esters (lactones) is 1. The highest BCUT2D eigenvalue weighted by atomic mass is 16.6. The zero-order valence-corrected chi connectivity index (χ0v) is 12.6. The van der Waals surface area contributed by atoms with Gasteiger partial charge < -0.3 is 9.47 Å².